The van der Waals surface area contributed by atoms with Crippen molar-refractivity contribution >= 4 is 34.9 Å². The molecule has 0 aliphatic rings. The van der Waals surface area contributed by atoms with E-state index in [9.17, 15) is 0 Å². The number of benzene rings is 1. The number of hydrogen-bond donors (Lipinski definition) is 2. The Morgan fingerprint density at radius 1 is 1.33 bits per heavy atom. The molecular formula is C14H21IN2O. The summed E-state index contributed by atoms with van der Waals surface area (Å²) in [4.78, 5) is 3.29. The molecule has 2 N–H and O–H groups in total. The van der Waals surface area contributed by atoms with Gasteiger partial charge in [0, 0.05) is 23.1 Å². The van der Waals surface area contributed by atoms with Gasteiger partial charge in [-0.15, -0.1) is 24.0 Å². The SMILES string of the molecule is COc1ccc2[nH]cc(CCNC(C)C)c2c1.I. The number of rotatable bonds is 5. The van der Waals surface area contributed by atoms with Crippen molar-refractivity contribution in [2.75, 3.05) is 13.7 Å². The molecular weight excluding hydrogens is 339 g/mol. The first-order valence-electron chi connectivity index (χ1n) is 6.08. The van der Waals surface area contributed by atoms with E-state index < -0.39 is 0 Å². The van der Waals surface area contributed by atoms with Crippen molar-refractivity contribution in [2.24, 2.45) is 0 Å². The molecule has 100 valence electrons. The van der Waals surface area contributed by atoms with Crippen molar-refractivity contribution in [3.05, 3.63) is 30.0 Å². The molecule has 0 amide bonds. The lowest BCUT2D eigenvalue weighted by Crippen LogP contribution is -2.24. The fraction of sp³-hybridized carbons (Fsp3) is 0.429. The molecule has 4 heteroatoms. The smallest absolute Gasteiger partial charge is 0.119 e. The van der Waals surface area contributed by atoms with Crippen molar-refractivity contribution in [3.63, 3.8) is 0 Å². The van der Waals surface area contributed by atoms with E-state index >= 15 is 0 Å². The highest BCUT2D eigenvalue weighted by Crippen LogP contribution is 2.23. The van der Waals surface area contributed by atoms with Crippen LogP contribution in [0.5, 0.6) is 5.75 Å². The summed E-state index contributed by atoms with van der Waals surface area (Å²) in [7, 11) is 1.70. The molecule has 0 aliphatic heterocycles. The summed E-state index contributed by atoms with van der Waals surface area (Å²) in [6, 6.07) is 6.67. The van der Waals surface area contributed by atoms with Crippen molar-refractivity contribution in [2.45, 2.75) is 26.3 Å². The molecule has 0 unspecified atom stereocenters. The van der Waals surface area contributed by atoms with Crippen LogP contribution in [-0.2, 0) is 6.42 Å². The van der Waals surface area contributed by atoms with Crippen LogP contribution in [-0.4, -0.2) is 24.7 Å². The first kappa shape index (κ1) is 15.3. The van der Waals surface area contributed by atoms with Crippen LogP contribution in [0.1, 0.15) is 19.4 Å². The number of fused-ring (bicyclic) bond motifs is 1. The number of H-pyrrole nitrogens is 1. The maximum atomic E-state index is 5.26. The van der Waals surface area contributed by atoms with Crippen LogP contribution in [0.3, 0.4) is 0 Å². The topological polar surface area (TPSA) is 37.0 Å². The minimum Gasteiger partial charge on any atom is -0.497 e. The lowest BCUT2D eigenvalue weighted by molar-refractivity contribution is 0.415. The third kappa shape index (κ3) is 3.62. The molecule has 2 rings (SSSR count). The van der Waals surface area contributed by atoms with Crippen molar-refractivity contribution in [1.82, 2.24) is 10.3 Å². The molecule has 0 aliphatic carbocycles. The van der Waals surface area contributed by atoms with E-state index in [0.717, 1.165) is 18.7 Å². The summed E-state index contributed by atoms with van der Waals surface area (Å²) < 4.78 is 5.26. The zero-order valence-corrected chi connectivity index (χ0v) is 13.4. The van der Waals surface area contributed by atoms with E-state index in [1.807, 2.05) is 6.07 Å². The van der Waals surface area contributed by atoms with Crippen LogP contribution in [0, 0.1) is 0 Å². The summed E-state index contributed by atoms with van der Waals surface area (Å²) in [5.74, 6) is 0.912. The molecule has 1 heterocycles. The van der Waals surface area contributed by atoms with Crippen LogP contribution in [0.15, 0.2) is 24.4 Å². The first-order valence-corrected chi connectivity index (χ1v) is 6.08. The zero-order chi connectivity index (χ0) is 12.3. The molecule has 1 aromatic carbocycles. The van der Waals surface area contributed by atoms with E-state index in [2.05, 4.69) is 42.5 Å². The first-order chi connectivity index (χ1) is 8.20. The molecule has 2 aromatic rings. The molecule has 0 atom stereocenters. The van der Waals surface area contributed by atoms with Crippen molar-refractivity contribution < 1.29 is 4.74 Å². The molecule has 0 saturated heterocycles. The zero-order valence-electron chi connectivity index (χ0n) is 11.1. The monoisotopic (exact) mass is 360 g/mol. The van der Waals surface area contributed by atoms with E-state index in [0.29, 0.717) is 6.04 Å². The second-order valence-electron chi connectivity index (χ2n) is 4.58. The Morgan fingerprint density at radius 2 is 2.11 bits per heavy atom. The Balaban J connectivity index is 0.00000162. The summed E-state index contributed by atoms with van der Waals surface area (Å²) in [6.07, 6.45) is 3.12. The number of aromatic nitrogens is 1. The van der Waals surface area contributed by atoms with Gasteiger partial charge in [0.1, 0.15) is 5.75 Å². The van der Waals surface area contributed by atoms with Gasteiger partial charge in [-0.05, 0) is 36.7 Å². The van der Waals surface area contributed by atoms with Gasteiger partial charge >= 0.3 is 0 Å². The van der Waals surface area contributed by atoms with Gasteiger partial charge in [-0.1, -0.05) is 13.8 Å². The van der Waals surface area contributed by atoms with Gasteiger partial charge < -0.3 is 15.0 Å². The lowest BCUT2D eigenvalue weighted by atomic mass is 10.1. The summed E-state index contributed by atoms with van der Waals surface area (Å²) in [5, 5.41) is 4.69. The standard InChI is InChI=1S/C14H20N2O.HI/c1-10(2)15-7-6-11-9-16-14-5-4-12(17-3)8-13(11)14;/h4-5,8-10,15-16H,6-7H2,1-3H3;1H. The van der Waals surface area contributed by atoms with E-state index in [1.54, 1.807) is 7.11 Å². The number of ether oxygens (including phenoxy) is 1. The minimum atomic E-state index is 0. The Labute approximate surface area is 125 Å². The van der Waals surface area contributed by atoms with Gasteiger partial charge in [-0.2, -0.15) is 0 Å². The van der Waals surface area contributed by atoms with Gasteiger partial charge in [0.05, 0.1) is 7.11 Å². The Kier molecular flexibility index (Phi) is 5.95. The molecule has 0 bridgehead atoms. The van der Waals surface area contributed by atoms with Gasteiger partial charge in [-0.3, -0.25) is 0 Å². The minimum absolute atomic E-state index is 0. The average molecular weight is 360 g/mol. The van der Waals surface area contributed by atoms with Crippen LogP contribution >= 0.6 is 24.0 Å². The number of nitrogens with one attached hydrogen (secondary N) is 2. The highest BCUT2D eigenvalue weighted by atomic mass is 127. The Hall–Kier alpha value is -0.750. The fourth-order valence-electron chi connectivity index (χ4n) is 1.99. The third-order valence-electron chi connectivity index (χ3n) is 2.92. The normalized spacial score (nSPS) is 10.7. The predicted molar refractivity (Wildman–Crippen MR) is 87.1 cm³/mol. The summed E-state index contributed by atoms with van der Waals surface area (Å²) >= 11 is 0. The maximum absolute atomic E-state index is 5.26. The highest BCUT2D eigenvalue weighted by Gasteiger charge is 2.05. The Bertz CT molecular complexity index is 493. The van der Waals surface area contributed by atoms with Crippen molar-refractivity contribution in [1.29, 1.82) is 0 Å². The molecule has 0 radical (unpaired) electrons. The van der Waals surface area contributed by atoms with E-state index in [4.69, 9.17) is 4.74 Å². The van der Waals surface area contributed by atoms with Crippen LogP contribution in [0.25, 0.3) is 10.9 Å². The molecule has 0 spiro atoms. The average Bonchev–Trinajstić information content (AvgIpc) is 2.71. The third-order valence-corrected chi connectivity index (χ3v) is 2.92. The quantitative estimate of drug-likeness (QED) is 0.803. The highest BCUT2D eigenvalue weighted by molar-refractivity contribution is 14.0. The number of halogens is 1. The maximum Gasteiger partial charge on any atom is 0.119 e. The molecule has 18 heavy (non-hydrogen) atoms. The van der Waals surface area contributed by atoms with Gasteiger partial charge in [0.15, 0.2) is 0 Å². The second-order valence-corrected chi connectivity index (χ2v) is 4.58. The van der Waals surface area contributed by atoms with E-state index in [1.165, 1.54) is 16.5 Å². The summed E-state index contributed by atoms with van der Waals surface area (Å²) in [6.45, 7) is 5.33. The van der Waals surface area contributed by atoms with E-state index in [-0.39, 0.29) is 24.0 Å². The van der Waals surface area contributed by atoms with Gasteiger partial charge in [-0.25, -0.2) is 0 Å². The van der Waals surface area contributed by atoms with Crippen LogP contribution in [0.4, 0.5) is 0 Å². The van der Waals surface area contributed by atoms with Gasteiger partial charge in [0.25, 0.3) is 0 Å². The molecule has 0 saturated carbocycles. The fourth-order valence-corrected chi connectivity index (χ4v) is 1.99. The van der Waals surface area contributed by atoms with Crippen LogP contribution < -0.4 is 10.1 Å². The lowest BCUT2D eigenvalue weighted by Gasteiger charge is -2.07. The van der Waals surface area contributed by atoms with Gasteiger partial charge in [0.2, 0.25) is 0 Å². The molecule has 0 fully saturated rings. The number of aromatic amines is 1. The second kappa shape index (κ2) is 6.99. The number of hydrogen-bond acceptors (Lipinski definition) is 2. The van der Waals surface area contributed by atoms with Crippen LogP contribution in [0.2, 0.25) is 0 Å². The molecule has 1 aromatic heterocycles. The predicted octanol–water partition coefficient (Wildman–Crippen LogP) is 3.34. The Morgan fingerprint density at radius 3 is 2.78 bits per heavy atom. The number of methoxy groups -OCH3 is 1. The van der Waals surface area contributed by atoms with Crippen molar-refractivity contribution in [3.8, 4) is 5.75 Å². The largest absolute Gasteiger partial charge is 0.497 e. The molecule has 3 nitrogen and oxygen atoms in total. The summed E-state index contributed by atoms with van der Waals surface area (Å²) in [5.41, 5.74) is 2.51.